The minimum atomic E-state index is -5.82. The van der Waals surface area contributed by atoms with E-state index in [0.29, 0.717) is 56.7 Å². The van der Waals surface area contributed by atoms with Crippen molar-refractivity contribution in [1.82, 2.24) is 24.8 Å². The van der Waals surface area contributed by atoms with Crippen LogP contribution in [0.15, 0.2) is 47.3 Å². The van der Waals surface area contributed by atoms with E-state index < -0.39 is 60.2 Å². The average Bonchev–Trinajstić information content (AvgIpc) is 3.65. The predicted octanol–water partition coefficient (Wildman–Crippen LogP) is 0.992. The molecule has 5 aromatic rings. The van der Waals surface area contributed by atoms with Gasteiger partial charge in [0.25, 0.3) is 5.56 Å². The number of nitrogens with zero attached hydrogens (tertiary/aromatic N) is 4. The summed E-state index contributed by atoms with van der Waals surface area (Å²) in [5.41, 5.74) is 20.0. The Hall–Kier alpha value is -4.58. The van der Waals surface area contributed by atoms with E-state index in [4.69, 9.17) is 31.7 Å². The number of anilines is 4. The summed E-state index contributed by atoms with van der Waals surface area (Å²) in [4.78, 5) is 72.7. The number of aromatic amines is 1. The first-order chi connectivity index (χ1) is 28.7. The van der Waals surface area contributed by atoms with Gasteiger partial charge in [-0.25, -0.2) is 18.7 Å². The molecule has 61 heavy (non-hydrogen) atoms. The first kappa shape index (κ1) is 45.9. The molecule has 1 amide bonds. The number of benzene rings is 2. The number of nitrogens with one attached hydrogen (secondary N) is 3. The van der Waals surface area contributed by atoms with Crippen molar-refractivity contribution in [3.63, 3.8) is 0 Å². The first-order valence-electron chi connectivity index (χ1n) is 18.7. The van der Waals surface area contributed by atoms with Gasteiger partial charge in [0.05, 0.1) is 6.61 Å². The maximum absolute atomic E-state index is 12.7. The van der Waals surface area contributed by atoms with E-state index in [1.165, 1.54) is 0 Å². The number of aromatic nitrogens is 5. The number of amides is 1. The monoisotopic (exact) mass is 915 g/mol. The highest BCUT2D eigenvalue weighted by Gasteiger charge is 2.47. The van der Waals surface area contributed by atoms with Gasteiger partial charge in [-0.2, -0.15) is 18.2 Å². The van der Waals surface area contributed by atoms with Crippen LogP contribution in [0, 0.1) is 0 Å². The van der Waals surface area contributed by atoms with Gasteiger partial charge in [0, 0.05) is 60.2 Å². The summed E-state index contributed by atoms with van der Waals surface area (Å²) in [5, 5.41) is 29.7. The number of nitrogens with two attached hydrogens (primary N) is 3. The van der Waals surface area contributed by atoms with Gasteiger partial charge >= 0.3 is 23.5 Å². The fourth-order valence-electron chi connectivity index (χ4n) is 6.81. The van der Waals surface area contributed by atoms with E-state index in [2.05, 4.69) is 49.4 Å². The van der Waals surface area contributed by atoms with Crippen LogP contribution in [0.3, 0.4) is 0 Å². The Balaban J connectivity index is 0.983. The first-order valence-corrected chi connectivity index (χ1v) is 23.2. The molecule has 25 nitrogen and oxygen atoms in total. The van der Waals surface area contributed by atoms with Crippen LogP contribution >= 0.6 is 23.5 Å². The summed E-state index contributed by atoms with van der Waals surface area (Å²) in [6.07, 6.45) is -3.17. The lowest BCUT2D eigenvalue weighted by Crippen LogP contribution is -2.36. The molecule has 0 aliphatic carbocycles. The van der Waals surface area contributed by atoms with E-state index >= 15 is 0 Å². The smallest absolute Gasteiger partial charge is 0.399 e. The Morgan fingerprint density at radius 2 is 1.49 bits per heavy atom. The molecule has 0 spiro atoms. The molecule has 0 saturated carbocycles. The van der Waals surface area contributed by atoms with Crippen molar-refractivity contribution in [3.05, 3.63) is 52.8 Å². The minimum absolute atomic E-state index is 0.0303. The molecule has 3 aromatic heterocycles. The second-order valence-electron chi connectivity index (χ2n) is 14.1. The number of aryl methyl sites for hydroxylation is 1. The number of phosphoric ester groups is 1. The fourth-order valence-corrected chi connectivity index (χ4v) is 9.84. The second-order valence-corrected chi connectivity index (χ2v) is 18.5. The summed E-state index contributed by atoms with van der Waals surface area (Å²) < 4.78 is 55.7. The highest BCUT2D eigenvalue weighted by Crippen LogP contribution is 2.66. The summed E-state index contributed by atoms with van der Waals surface area (Å²) >= 11 is 0. The Bertz CT molecular complexity index is 2560. The van der Waals surface area contributed by atoms with Crippen LogP contribution in [0.25, 0.3) is 33.0 Å². The Kier molecular flexibility index (Phi) is 14.2. The number of nitrogen functional groups attached to an aromatic ring is 3. The Labute approximate surface area is 345 Å². The number of imidazole rings is 1. The number of unbranched alkanes of at least 4 members (excludes halogenated alkanes) is 3. The third-order valence-corrected chi connectivity index (χ3v) is 13.3. The topological polar surface area (TPSA) is 396 Å². The number of hydrogen-bond acceptors (Lipinski definition) is 17. The predicted molar refractivity (Wildman–Crippen MR) is 218 cm³/mol. The maximum atomic E-state index is 12.7. The van der Waals surface area contributed by atoms with Gasteiger partial charge in [-0.05, 0) is 43.2 Å². The molecule has 1 aliphatic rings. The van der Waals surface area contributed by atoms with Crippen LogP contribution in [0.2, 0.25) is 0 Å². The van der Waals surface area contributed by atoms with Crippen LogP contribution in [0.5, 0.6) is 0 Å². The van der Waals surface area contributed by atoms with Crippen molar-refractivity contribution in [2.75, 3.05) is 42.2 Å². The molecule has 15 N–H and O–H groups in total. The van der Waals surface area contributed by atoms with E-state index in [9.17, 15) is 43.3 Å². The van der Waals surface area contributed by atoms with Crippen LogP contribution in [0.4, 0.5) is 23.3 Å². The lowest BCUT2D eigenvalue weighted by atomic mass is 10.1. The third kappa shape index (κ3) is 11.7. The van der Waals surface area contributed by atoms with Gasteiger partial charge in [0.2, 0.25) is 28.8 Å². The van der Waals surface area contributed by atoms with Crippen molar-refractivity contribution in [1.29, 1.82) is 0 Å². The van der Waals surface area contributed by atoms with Crippen molar-refractivity contribution in [2.45, 2.75) is 69.6 Å². The summed E-state index contributed by atoms with van der Waals surface area (Å²) in [6, 6.07) is 13.5. The number of hydrogen-bond donors (Lipinski definition) is 12. The van der Waals surface area contributed by atoms with Gasteiger partial charge in [0.1, 0.15) is 24.9 Å². The van der Waals surface area contributed by atoms with Crippen molar-refractivity contribution < 1.29 is 70.7 Å². The highest BCUT2D eigenvalue weighted by atomic mass is 31.3. The van der Waals surface area contributed by atoms with Crippen molar-refractivity contribution in [2.24, 2.45) is 0 Å². The minimum Gasteiger partial charge on any atom is -0.399 e. The molecule has 6 rings (SSSR count). The molecule has 2 unspecified atom stereocenters. The largest absolute Gasteiger partial charge is 0.490 e. The number of aliphatic hydroxyl groups is 2. The molecule has 0 bridgehead atoms. The molecule has 1 fully saturated rings. The van der Waals surface area contributed by atoms with Gasteiger partial charge in [-0.1, -0.05) is 12.8 Å². The summed E-state index contributed by atoms with van der Waals surface area (Å²) in [5.74, 6) is -0.424. The molecular weight excluding hydrogens is 869 g/mol. The lowest BCUT2D eigenvalue weighted by Gasteiger charge is -2.20. The average molecular weight is 916 g/mol. The van der Waals surface area contributed by atoms with E-state index in [1.807, 2.05) is 36.4 Å². The zero-order valence-electron chi connectivity index (χ0n) is 32.1. The number of phosphoric acid groups is 3. The van der Waals surface area contributed by atoms with Gasteiger partial charge in [-0.3, -0.25) is 23.7 Å². The normalized spacial score (nSPS) is 20.2. The highest BCUT2D eigenvalue weighted by molar-refractivity contribution is 7.66. The zero-order chi connectivity index (χ0) is 44.3. The van der Waals surface area contributed by atoms with Crippen LogP contribution in [-0.4, -0.2) is 93.2 Å². The molecule has 2 aromatic carbocycles. The SMILES string of the molecule is Nc1ccc2cc3ccc(N)cc3[n+](CCCC(=O)NCCCCCCNc3nc4c(=O)[nH]c(N)nc4n3[C@@H]3O[C@H](COP(=O)(O)OP(=O)(O)OP(=O)(O)O)[C@@H](O)[C@H]3O)c2c1. The van der Waals surface area contributed by atoms with Crippen molar-refractivity contribution in [3.8, 4) is 0 Å². The van der Waals surface area contributed by atoms with Gasteiger partial charge < -0.3 is 62.4 Å². The van der Waals surface area contributed by atoms with Gasteiger partial charge in [-0.15, -0.1) is 0 Å². The number of carbonyl (C=O) groups excluding carboxylic acids is 1. The molecule has 0 radical (unpaired) electrons. The van der Waals surface area contributed by atoms with Crippen LogP contribution < -0.4 is 38.0 Å². The van der Waals surface area contributed by atoms with E-state index in [-0.39, 0.29) is 29.0 Å². The Morgan fingerprint density at radius 1 is 0.852 bits per heavy atom. The molecule has 1 aliphatic heterocycles. The number of aliphatic hydroxyl groups excluding tert-OH is 2. The molecule has 332 valence electrons. The quantitative estimate of drug-likeness (QED) is 0.0170. The summed E-state index contributed by atoms with van der Waals surface area (Å²) in [7, 11) is -17.1. The number of fused-ring (bicyclic) bond motifs is 3. The number of rotatable bonds is 20. The number of H-pyrrole nitrogens is 1. The van der Waals surface area contributed by atoms with Crippen LogP contribution in [-0.2, 0) is 42.9 Å². The number of pyridine rings is 1. The second kappa shape index (κ2) is 18.8. The lowest BCUT2D eigenvalue weighted by molar-refractivity contribution is -0.645. The molecule has 6 atom stereocenters. The maximum Gasteiger partial charge on any atom is 0.490 e. The van der Waals surface area contributed by atoms with Gasteiger partial charge in [0.15, 0.2) is 17.4 Å². The molecule has 28 heteroatoms. The molecule has 1 saturated heterocycles. The molecular formula is C33H46N10O15P3+. The van der Waals surface area contributed by atoms with Crippen molar-refractivity contribution >= 4 is 85.6 Å². The van der Waals surface area contributed by atoms with E-state index in [0.717, 1.165) is 39.2 Å². The number of carbonyl (C=O) groups is 1. The van der Waals surface area contributed by atoms with E-state index in [1.54, 1.807) is 0 Å². The number of ether oxygens (including phenoxy) is 1. The van der Waals surface area contributed by atoms with Crippen LogP contribution in [0.1, 0.15) is 44.8 Å². The standard InChI is InChI=1S/C33H45N10O15P3/c34-20-9-7-18-14-19-8-10-21(35)16-23(19)42(22(18)15-20)13-5-6-25(44)37-11-3-1-2-4-12-38-33-39-26-29(40-32(36)41-30(26)47)43(33)31-28(46)27(45)24(56-31)17-55-60(51,52)58-61(53,54)57-59(48,49)50/h7-10,14-16,24,27-28,31,45-46H,1-6,11-13,17H2,(H12,34,35,36,37,38,39,40,41,44,47,48,49,50,51,52,53,54)/p+1/t24-,27-,28-,31-/m1/s1. The zero-order valence-corrected chi connectivity index (χ0v) is 34.8. The molecule has 4 heterocycles. The third-order valence-electron chi connectivity index (χ3n) is 9.47. The summed E-state index contributed by atoms with van der Waals surface area (Å²) in [6.45, 7) is 0.270. The Morgan fingerprint density at radius 3 is 2.13 bits per heavy atom. The fraction of sp³-hybridized carbons (Fsp3) is 0.424.